The van der Waals surface area contributed by atoms with Gasteiger partial charge in [0.2, 0.25) is 0 Å². The van der Waals surface area contributed by atoms with Crippen LogP contribution in [0.2, 0.25) is 0 Å². The van der Waals surface area contributed by atoms with Gasteiger partial charge in [-0.25, -0.2) is 13.4 Å². The minimum Gasteiger partial charge on any atom is -0.352 e. The van der Waals surface area contributed by atoms with Gasteiger partial charge in [-0.3, -0.25) is 10.1 Å². The number of sulfone groups is 1. The van der Waals surface area contributed by atoms with Crippen molar-refractivity contribution in [2.75, 3.05) is 13.3 Å². The highest BCUT2D eigenvalue weighted by atomic mass is 127. The molecule has 2 aromatic carbocycles. The Bertz CT molecular complexity index is 1110. The second-order valence-electron chi connectivity index (χ2n) is 6.69. The van der Waals surface area contributed by atoms with E-state index >= 15 is 0 Å². The number of nitrogens with one attached hydrogen (secondary N) is 3. The predicted molar refractivity (Wildman–Crippen MR) is 129 cm³/mol. The van der Waals surface area contributed by atoms with Gasteiger partial charge in [-0.1, -0.05) is 30.3 Å². The van der Waals surface area contributed by atoms with Crippen LogP contribution in [0.4, 0.5) is 0 Å². The third kappa shape index (κ3) is 6.26. The molecule has 0 unspecified atom stereocenters. The summed E-state index contributed by atoms with van der Waals surface area (Å²) in [7, 11) is -1.51. The van der Waals surface area contributed by atoms with Crippen molar-refractivity contribution in [3.8, 4) is 11.4 Å². The molecule has 0 radical (unpaired) electrons. The molecule has 30 heavy (non-hydrogen) atoms. The van der Waals surface area contributed by atoms with Crippen molar-refractivity contribution >= 4 is 39.8 Å². The molecule has 3 aromatic rings. The molecular weight excluding hydrogens is 515 g/mol. The Morgan fingerprint density at radius 3 is 2.37 bits per heavy atom. The summed E-state index contributed by atoms with van der Waals surface area (Å²) >= 11 is 0. The monoisotopic (exact) mass is 540 g/mol. The van der Waals surface area contributed by atoms with Gasteiger partial charge in [-0.15, -0.1) is 24.0 Å². The first-order chi connectivity index (χ1) is 13.9. The number of hydrogen-bond donors (Lipinski definition) is 3. The Balaban J connectivity index is 0.00000320. The number of guanidine groups is 1. The molecule has 0 saturated heterocycles. The number of aromatic amines is 1. The molecule has 0 aliphatic heterocycles. The molecule has 0 bridgehead atoms. The second kappa shape index (κ2) is 10.5. The number of H-pyrrole nitrogens is 1. The first-order valence-corrected chi connectivity index (χ1v) is 10.9. The molecule has 0 spiro atoms. The van der Waals surface area contributed by atoms with E-state index < -0.39 is 9.84 Å². The number of nitrogens with zero attached hydrogens (tertiary/aromatic N) is 3. The van der Waals surface area contributed by atoms with E-state index in [2.05, 4.69) is 30.8 Å². The SMILES string of the molecule is CN=C(NCc1cccc(-c2ncn[nH]2)c1)NCc1ccc(S(C)(=O)=O)c(C)c1.I. The first kappa shape index (κ1) is 23.8. The lowest BCUT2D eigenvalue weighted by Gasteiger charge is -2.13. The lowest BCUT2D eigenvalue weighted by atomic mass is 10.1. The number of rotatable bonds is 6. The number of aromatic nitrogens is 3. The van der Waals surface area contributed by atoms with Gasteiger partial charge in [0, 0.05) is 32.0 Å². The van der Waals surface area contributed by atoms with Crippen LogP contribution in [0, 0.1) is 6.92 Å². The Morgan fingerprint density at radius 1 is 1.10 bits per heavy atom. The van der Waals surface area contributed by atoms with Crippen molar-refractivity contribution in [3.63, 3.8) is 0 Å². The van der Waals surface area contributed by atoms with Crippen LogP contribution in [0.5, 0.6) is 0 Å². The largest absolute Gasteiger partial charge is 0.352 e. The summed E-state index contributed by atoms with van der Waals surface area (Å²) in [6.45, 7) is 2.92. The number of benzene rings is 2. The Labute approximate surface area is 193 Å². The zero-order valence-electron chi connectivity index (χ0n) is 17.0. The molecule has 0 saturated carbocycles. The van der Waals surface area contributed by atoms with E-state index in [0.29, 0.717) is 23.9 Å². The molecule has 160 valence electrons. The second-order valence-corrected chi connectivity index (χ2v) is 8.67. The first-order valence-electron chi connectivity index (χ1n) is 9.05. The molecule has 0 aliphatic carbocycles. The van der Waals surface area contributed by atoms with E-state index in [4.69, 9.17) is 0 Å². The summed E-state index contributed by atoms with van der Waals surface area (Å²) in [6, 6.07) is 13.3. The average molecular weight is 540 g/mol. The minimum atomic E-state index is -3.21. The number of halogens is 1. The zero-order chi connectivity index (χ0) is 20.9. The third-order valence-corrected chi connectivity index (χ3v) is 5.65. The maximum absolute atomic E-state index is 11.7. The molecule has 8 nitrogen and oxygen atoms in total. The number of aliphatic imine (C=N–C) groups is 1. The molecule has 1 heterocycles. The van der Waals surface area contributed by atoms with Gasteiger partial charge in [0.05, 0.1) is 4.90 Å². The fraction of sp³-hybridized carbons (Fsp3) is 0.250. The van der Waals surface area contributed by atoms with E-state index in [1.165, 1.54) is 12.6 Å². The standard InChI is InChI=1S/C20H24N6O2S.HI/c1-14-9-16(7-8-18(14)29(3,27)28)12-23-20(21-2)22-11-15-5-4-6-17(10-15)19-24-13-25-26-19;/h4-10,13H,11-12H2,1-3H3,(H2,21,22,23)(H,24,25,26);1H. The fourth-order valence-electron chi connectivity index (χ4n) is 3.00. The average Bonchev–Trinajstić information content (AvgIpc) is 3.22. The van der Waals surface area contributed by atoms with Crippen molar-refractivity contribution in [1.82, 2.24) is 25.8 Å². The maximum Gasteiger partial charge on any atom is 0.191 e. The van der Waals surface area contributed by atoms with Gasteiger partial charge in [-0.05, 0) is 35.7 Å². The van der Waals surface area contributed by atoms with Crippen molar-refractivity contribution in [2.45, 2.75) is 24.9 Å². The van der Waals surface area contributed by atoms with Gasteiger partial charge < -0.3 is 10.6 Å². The van der Waals surface area contributed by atoms with E-state index in [9.17, 15) is 8.42 Å². The summed E-state index contributed by atoms with van der Waals surface area (Å²) in [5, 5.41) is 13.3. The van der Waals surface area contributed by atoms with Gasteiger partial charge in [0.15, 0.2) is 21.6 Å². The van der Waals surface area contributed by atoms with Crippen LogP contribution in [0.3, 0.4) is 0 Å². The Kier molecular flexibility index (Phi) is 8.35. The number of hydrogen-bond acceptors (Lipinski definition) is 5. The molecule has 0 amide bonds. The van der Waals surface area contributed by atoms with Crippen molar-refractivity contribution in [2.24, 2.45) is 4.99 Å². The van der Waals surface area contributed by atoms with Crippen LogP contribution in [0.15, 0.2) is 58.7 Å². The summed E-state index contributed by atoms with van der Waals surface area (Å²) in [4.78, 5) is 8.77. The normalized spacial score (nSPS) is 11.6. The van der Waals surface area contributed by atoms with Crippen LogP contribution in [0.1, 0.15) is 16.7 Å². The van der Waals surface area contributed by atoms with Crippen molar-refractivity contribution < 1.29 is 8.42 Å². The van der Waals surface area contributed by atoms with Crippen LogP contribution >= 0.6 is 24.0 Å². The van der Waals surface area contributed by atoms with Crippen LogP contribution < -0.4 is 10.6 Å². The smallest absolute Gasteiger partial charge is 0.191 e. The highest BCUT2D eigenvalue weighted by Gasteiger charge is 2.11. The van der Waals surface area contributed by atoms with Crippen LogP contribution in [0.25, 0.3) is 11.4 Å². The minimum absolute atomic E-state index is 0. The van der Waals surface area contributed by atoms with Crippen LogP contribution in [-0.2, 0) is 22.9 Å². The van der Waals surface area contributed by atoms with Gasteiger partial charge in [-0.2, -0.15) is 5.10 Å². The predicted octanol–water partition coefficient (Wildman–Crippen LogP) is 2.67. The highest BCUT2D eigenvalue weighted by molar-refractivity contribution is 14.0. The van der Waals surface area contributed by atoms with E-state index in [1.807, 2.05) is 36.4 Å². The number of aryl methyl sites for hydroxylation is 1. The van der Waals surface area contributed by atoms with E-state index in [1.54, 1.807) is 20.0 Å². The molecule has 10 heteroatoms. The van der Waals surface area contributed by atoms with Gasteiger partial charge in [0.25, 0.3) is 0 Å². The summed E-state index contributed by atoms with van der Waals surface area (Å²) in [5.74, 6) is 1.38. The van der Waals surface area contributed by atoms with E-state index in [-0.39, 0.29) is 24.0 Å². The Hall–Kier alpha value is -2.47. The summed E-state index contributed by atoms with van der Waals surface area (Å²) < 4.78 is 23.5. The van der Waals surface area contributed by atoms with Crippen molar-refractivity contribution in [1.29, 1.82) is 0 Å². The molecular formula is C20H25IN6O2S. The molecule has 0 aliphatic rings. The lowest BCUT2D eigenvalue weighted by molar-refractivity contribution is 0.601. The topological polar surface area (TPSA) is 112 Å². The molecule has 0 fully saturated rings. The fourth-order valence-corrected chi connectivity index (χ4v) is 3.96. The Morgan fingerprint density at radius 2 is 1.80 bits per heavy atom. The molecule has 0 atom stereocenters. The molecule has 1 aromatic heterocycles. The third-order valence-electron chi connectivity index (χ3n) is 4.40. The van der Waals surface area contributed by atoms with Gasteiger partial charge >= 0.3 is 0 Å². The lowest BCUT2D eigenvalue weighted by Crippen LogP contribution is -2.36. The highest BCUT2D eigenvalue weighted by Crippen LogP contribution is 2.17. The summed E-state index contributed by atoms with van der Waals surface area (Å²) in [6.07, 6.45) is 2.70. The van der Waals surface area contributed by atoms with Crippen LogP contribution in [-0.4, -0.2) is 42.9 Å². The van der Waals surface area contributed by atoms with Gasteiger partial charge in [0.1, 0.15) is 6.33 Å². The van der Waals surface area contributed by atoms with E-state index in [0.717, 1.165) is 28.1 Å². The quantitative estimate of drug-likeness (QED) is 0.252. The maximum atomic E-state index is 11.7. The molecule has 3 N–H and O–H groups in total. The zero-order valence-corrected chi connectivity index (χ0v) is 20.2. The summed E-state index contributed by atoms with van der Waals surface area (Å²) in [5.41, 5.74) is 3.76. The van der Waals surface area contributed by atoms with Crippen molar-refractivity contribution in [3.05, 3.63) is 65.5 Å². The molecule has 3 rings (SSSR count).